The minimum atomic E-state index is -1.09. The Balaban J connectivity index is 1.41. The monoisotopic (exact) mass is 542 g/mol. The number of para-hydroxylation sites is 1. The van der Waals surface area contributed by atoms with Crippen LogP contribution in [0.4, 0.5) is 20.6 Å². The lowest BCUT2D eigenvalue weighted by Gasteiger charge is -2.14. The topological polar surface area (TPSA) is 123 Å². The van der Waals surface area contributed by atoms with Gasteiger partial charge in [-0.05, 0) is 30.3 Å². The summed E-state index contributed by atoms with van der Waals surface area (Å²) in [6.07, 6.45) is 3.89. The predicted octanol–water partition coefficient (Wildman–Crippen LogP) is 5.09. The third-order valence-electron chi connectivity index (χ3n) is 6.01. The summed E-state index contributed by atoms with van der Waals surface area (Å²) in [6.45, 7) is 1.20. The Morgan fingerprint density at radius 3 is 2.62 bits per heavy atom. The Labute approximate surface area is 229 Å². The van der Waals surface area contributed by atoms with Crippen molar-refractivity contribution in [3.05, 3.63) is 96.7 Å². The molecule has 0 unspecified atom stereocenters. The predicted molar refractivity (Wildman–Crippen MR) is 148 cm³/mol. The minimum absolute atomic E-state index is 0.192. The number of rotatable bonds is 12. The Bertz CT molecular complexity index is 1590. The molecule has 0 bridgehead atoms. The van der Waals surface area contributed by atoms with Gasteiger partial charge < -0.3 is 25.2 Å². The normalized spacial score (nSPS) is 10.9. The molecule has 40 heavy (non-hydrogen) atoms. The molecular formula is C29H27FN6O4. The molecule has 10 nitrogen and oxygen atoms in total. The number of amides is 1. The van der Waals surface area contributed by atoms with Crippen LogP contribution in [0.5, 0.6) is 5.75 Å². The van der Waals surface area contributed by atoms with Crippen LogP contribution in [0.3, 0.4) is 0 Å². The maximum atomic E-state index is 14.4. The number of hydrogen-bond acceptors (Lipinski definition) is 7. The third-order valence-corrected chi connectivity index (χ3v) is 6.01. The van der Waals surface area contributed by atoms with Gasteiger partial charge in [-0.1, -0.05) is 36.4 Å². The first-order chi connectivity index (χ1) is 19.6. The minimum Gasteiger partial charge on any atom is -0.487 e. The maximum Gasteiger partial charge on any atom is 0.404 e. The number of pyridine rings is 2. The van der Waals surface area contributed by atoms with Crippen LogP contribution in [-0.2, 0) is 11.3 Å². The number of ether oxygens (including phenoxy) is 2. The van der Waals surface area contributed by atoms with E-state index >= 15 is 0 Å². The molecule has 0 fully saturated rings. The quantitative estimate of drug-likeness (QED) is 0.186. The highest BCUT2D eigenvalue weighted by Gasteiger charge is 2.17. The molecule has 0 radical (unpaired) electrons. The van der Waals surface area contributed by atoms with Gasteiger partial charge >= 0.3 is 6.09 Å². The average Bonchev–Trinajstić information content (AvgIpc) is 3.33. The summed E-state index contributed by atoms with van der Waals surface area (Å²) in [5, 5.41) is 19.9. The van der Waals surface area contributed by atoms with Crippen LogP contribution in [0, 0.1) is 5.82 Å². The number of nitrogens with one attached hydrogen (secondary N) is 2. The average molecular weight is 543 g/mol. The smallest absolute Gasteiger partial charge is 0.404 e. The molecule has 2 aromatic carbocycles. The number of fused-ring (bicyclic) bond motifs is 1. The summed E-state index contributed by atoms with van der Waals surface area (Å²) in [5.41, 5.74) is 4.15. The zero-order valence-corrected chi connectivity index (χ0v) is 21.5. The highest BCUT2D eigenvalue weighted by molar-refractivity contribution is 5.93. The van der Waals surface area contributed by atoms with E-state index in [1.165, 1.54) is 6.07 Å². The Morgan fingerprint density at radius 1 is 1.00 bits per heavy atom. The van der Waals surface area contributed by atoms with Gasteiger partial charge in [-0.2, -0.15) is 5.10 Å². The van der Waals surface area contributed by atoms with Crippen LogP contribution in [0.2, 0.25) is 0 Å². The molecule has 204 valence electrons. The SMILES string of the molecule is O=C(O)NCCOCCOc1cnc(-c2nn(Cc3ccccc3F)c3ccccc23)cc1Nc1ccncc1. The van der Waals surface area contributed by atoms with Gasteiger partial charge in [-0.15, -0.1) is 0 Å². The first-order valence-corrected chi connectivity index (χ1v) is 12.6. The summed E-state index contributed by atoms with van der Waals surface area (Å²) in [6, 6.07) is 20.0. The molecular weight excluding hydrogens is 515 g/mol. The van der Waals surface area contributed by atoms with E-state index in [9.17, 15) is 9.18 Å². The number of carboxylic acid groups (broad SMARTS) is 1. The van der Waals surface area contributed by atoms with Gasteiger partial charge in [0.2, 0.25) is 0 Å². The van der Waals surface area contributed by atoms with Gasteiger partial charge in [0.1, 0.15) is 18.1 Å². The van der Waals surface area contributed by atoms with Crippen molar-refractivity contribution in [2.24, 2.45) is 0 Å². The number of nitrogens with zero attached hydrogens (tertiary/aromatic N) is 4. The van der Waals surface area contributed by atoms with E-state index in [1.54, 1.807) is 41.5 Å². The molecule has 0 aliphatic heterocycles. The summed E-state index contributed by atoms with van der Waals surface area (Å²) >= 11 is 0. The molecule has 0 atom stereocenters. The number of hydrogen-bond donors (Lipinski definition) is 3. The highest BCUT2D eigenvalue weighted by atomic mass is 19.1. The van der Waals surface area contributed by atoms with E-state index in [0.29, 0.717) is 28.4 Å². The fourth-order valence-corrected chi connectivity index (χ4v) is 4.14. The van der Waals surface area contributed by atoms with Crippen molar-refractivity contribution in [2.75, 3.05) is 31.7 Å². The number of aromatic nitrogens is 4. The number of benzene rings is 2. The van der Waals surface area contributed by atoms with E-state index in [1.807, 2.05) is 42.5 Å². The second kappa shape index (κ2) is 12.7. The number of carbonyl (C=O) groups is 1. The molecule has 0 aliphatic rings. The van der Waals surface area contributed by atoms with Crippen LogP contribution in [0.15, 0.2) is 85.3 Å². The Kier molecular flexibility index (Phi) is 8.42. The van der Waals surface area contributed by atoms with E-state index < -0.39 is 6.09 Å². The van der Waals surface area contributed by atoms with E-state index in [4.69, 9.17) is 19.7 Å². The Morgan fingerprint density at radius 2 is 1.80 bits per heavy atom. The number of halogens is 1. The molecule has 0 spiro atoms. The first kappa shape index (κ1) is 26.6. The number of anilines is 2. The van der Waals surface area contributed by atoms with Crippen LogP contribution in [0.25, 0.3) is 22.3 Å². The maximum absolute atomic E-state index is 14.4. The molecule has 0 saturated carbocycles. The zero-order chi connectivity index (χ0) is 27.7. The van der Waals surface area contributed by atoms with Crippen molar-refractivity contribution >= 4 is 28.4 Å². The lowest BCUT2D eigenvalue weighted by atomic mass is 10.1. The summed E-state index contributed by atoms with van der Waals surface area (Å²) in [7, 11) is 0. The van der Waals surface area contributed by atoms with Crippen molar-refractivity contribution < 1.29 is 23.8 Å². The highest BCUT2D eigenvalue weighted by Crippen LogP contribution is 2.34. The van der Waals surface area contributed by atoms with Gasteiger partial charge in [0, 0.05) is 35.6 Å². The van der Waals surface area contributed by atoms with Crippen molar-refractivity contribution in [1.82, 2.24) is 25.1 Å². The fourth-order valence-electron chi connectivity index (χ4n) is 4.14. The van der Waals surface area contributed by atoms with Crippen molar-refractivity contribution in [3.63, 3.8) is 0 Å². The van der Waals surface area contributed by atoms with Crippen molar-refractivity contribution in [3.8, 4) is 17.1 Å². The summed E-state index contributed by atoms with van der Waals surface area (Å²) in [5.74, 6) is 0.220. The van der Waals surface area contributed by atoms with Crippen LogP contribution < -0.4 is 15.4 Å². The third kappa shape index (κ3) is 6.51. The van der Waals surface area contributed by atoms with E-state index in [-0.39, 0.29) is 38.7 Å². The standard InChI is InChI=1S/C29H27FN6O4/c30-23-7-3-1-5-20(23)19-36-26-8-4-2-6-22(26)28(35-36)25-17-24(34-21-9-11-31-12-10-21)27(18-33-25)40-16-15-39-14-13-32-29(37)38/h1-12,17-18,32H,13-16,19H2,(H,37,38)(H,31,33,34). The second-order valence-corrected chi connectivity index (χ2v) is 8.73. The molecule has 3 N–H and O–H groups in total. The molecule has 0 saturated heterocycles. The van der Waals surface area contributed by atoms with Crippen LogP contribution in [-0.4, -0.2) is 57.3 Å². The molecule has 11 heteroatoms. The van der Waals surface area contributed by atoms with Crippen LogP contribution in [0.1, 0.15) is 5.56 Å². The van der Waals surface area contributed by atoms with Gasteiger partial charge in [-0.25, -0.2) is 9.18 Å². The molecule has 5 rings (SSSR count). The first-order valence-electron chi connectivity index (χ1n) is 12.6. The Hall–Kier alpha value is -5.03. The summed E-state index contributed by atoms with van der Waals surface area (Å²) in [4.78, 5) is 19.2. The lowest BCUT2D eigenvalue weighted by Crippen LogP contribution is -2.25. The van der Waals surface area contributed by atoms with Crippen LogP contribution >= 0.6 is 0 Å². The molecule has 1 amide bonds. The van der Waals surface area contributed by atoms with Crippen molar-refractivity contribution in [1.29, 1.82) is 0 Å². The second-order valence-electron chi connectivity index (χ2n) is 8.73. The molecule has 3 aromatic heterocycles. The van der Waals surface area contributed by atoms with E-state index in [0.717, 1.165) is 16.6 Å². The van der Waals surface area contributed by atoms with Gasteiger partial charge in [0.05, 0.1) is 42.9 Å². The molecule has 5 aromatic rings. The van der Waals surface area contributed by atoms with Gasteiger partial charge in [-0.3, -0.25) is 14.6 Å². The van der Waals surface area contributed by atoms with E-state index in [2.05, 4.69) is 20.6 Å². The fraction of sp³-hybridized carbons (Fsp3) is 0.172. The van der Waals surface area contributed by atoms with Gasteiger partial charge in [0.25, 0.3) is 0 Å². The van der Waals surface area contributed by atoms with Crippen molar-refractivity contribution in [2.45, 2.75) is 6.54 Å². The summed E-state index contributed by atoms with van der Waals surface area (Å²) < 4.78 is 27.6. The largest absolute Gasteiger partial charge is 0.487 e. The zero-order valence-electron chi connectivity index (χ0n) is 21.5. The lowest BCUT2D eigenvalue weighted by molar-refractivity contribution is 0.101. The molecule has 0 aliphatic carbocycles. The molecule has 3 heterocycles. The van der Waals surface area contributed by atoms with Gasteiger partial charge in [0.15, 0.2) is 5.75 Å².